The predicted octanol–water partition coefficient (Wildman–Crippen LogP) is 4.74. The van der Waals surface area contributed by atoms with Crippen LogP contribution in [0.2, 0.25) is 0 Å². The maximum atomic E-state index is 4.84. The largest absolute Gasteiger partial charge is 0.317 e. The van der Waals surface area contributed by atoms with Crippen LogP contribution in [0.4, 0.5) is 0 Å². The molecule has 5 rings (SSSR count). The lowest BCUT2D eigenvalue weighted by Gasteiger charge is -2.24. The van der Waals surface area contributed by atoms with Crippen LogP contribution in [-0.2, 0) is 6.42 Å². The molecule has 0 bridgehead atoms. The van der Waals surface area contributed by atoms with Crippen molar-refractivity contribution in [3.63, 3.8) is 0 Å². The lowest BCUT2D eigenvalue weighted by molar-refractivity contribution is 0.373. The monoisotopic (exact) mass is 356 g/mol. The molecule has 2 aromatic heterocycles. The fraction of sp³-hybridized carbons (Fsp3) is 0.304. The third-order valence-corrected chi connectivity index (χ3v) is 5.79. The number of aromatic nitrogens is 3. The Hall–Kier alpha value is -2.72. The minimum absolute atomic E-state index is 0.487. The first-order chi connectivity index (χ1) is 13.3. The van der Waals surface area contributed by atoms with Gasteiger partial charge in [0.25, 0.3) is 0 Å². The van der Waals surface area contributed by atoms with Gasteiger partial charge in [-0.1, -0.05) is 43.3 Å². The maximum Gasteiger partial charge on any atom is 0.160 e. The van der Waals surface area contributed by atoms with Crippen molar-refractivity contribution >= 4 is 21.9 Å². The Morgan fingerprint density at radius 3 is 2.67 bits per heavy atom. The topological polar surface area (TPSA) is 42.7 Å². The number of nitrogens with one attached hydrogen (secondary N) is 1. The molecule has 136 valence electrons. The van der Waals surface area contributed by atoms with Crippen molar-refractivity contribution in [2.75, 3.05) is 13.1 Å². The van der Waals surface area contributed by atoms with Gasteiger partial charge in [0, 0.05) is 17.8 Å². The number of fused-ring (bicyclic) bond motifs is 2. The minimum Gasteiger partial charge on any atom is -0.317 e. The number of aryl methyl sites for hydroxylation is 1. The molecule has 27 heavy (non-hydrogen) atoms. The number of nitrogens with zero attached hydrogens (tertiary/aromatic N) is 3. The van der Waals surface area contributed by atoms with E-state index in [4.69, 9.17) is 9.97 Å². The zero-order chi connectivity index (χ0) is 18.2. The average Bonchev–Trinajstić information content (AvgIpc) is 3.17. The first kappa shape index (κ1) is 16.5. The van der Waals surface area contributed by atoms with E-state index in [1.165, 1.54) is 27.5 Å². The SMILES string of the molecule is CCc1cnc2c(ncn2C2CCNCC2)c1-c1ccc2ccccc2c1. The summed E-state index contributed by atoms with van der Waals surface area (Å²) in [5, 5.41) is 5.98. The summed E-state index contributed by atoms with van der Waals surface area (Å²) in [4.78, 5) is 9.65. The Morgan fingerprint density at radius 1 is 1.04 bits per heavy atom. The second-order valence-corrected chi connectivity index (χ2v) is 7.38. The van der Waals surface area contributed by atoms with Crippen LogP contribution in [0, 0.1) is 0 Å². The Kier molecular flexibility index (Phi) is 4.13. The van der Waals surface area contributed by atoms with Crippen LogP contribution in [-0.4, -0.2) is 27.6 Å². The van der Waals surface area contributed by atoms with Gasteiger partial charge in [-0.2, -0.15) is 0 Å². The first-order valence-corrected chi connectivity index (χ1v) is 9.89. The molecule has 1 saturated heterocycles. The highest BCUT2D eigenvalue weighted by Crippen LogP contribution is 2.34. The summed E-state index contributed by atoms with van der Waals surface area (Å²) in [6.07, 6.45) is 7.26. The molecule has 0 saturated carbocycles. The van der Waals surface area contributed by atoms with Crippen molar-refractivity contribution in [2.45, 2.75) is 32.2 Å². The van der Waals surface area contributed by atoms with Crippen molar-refractivity contribution in [2.24, 2.45) is 0 Å². The van der Waals surface area contributed by atoms with E-state index in [-0.39, 0.29) is 0 Å². The van der Waals surface area contributed by atoms with Crippen LogP contribution >= 0.6 is 0 Å². The predicted molar refractivity (Wildman–Crippen MR) is 111 cm³/mol. The molecule has 0 unspecified atom stereocenters. The number of benzene rings is 2. The van der Waals surface area contributed by atoms with E-state index >= 15 is 0 Å². The number of rotatable bonds is 3. The van der Waals surface area contributed by atoms with Gasteiger partial charge < -0.3 is 9.88 Å². The Balaban J connectivity index is 1.70. The summed E-state index contributed by atoms with van der Waals surface area (Å²) in [7, 11) is 0. The highest BCUT2D eigenvalue weighted by atomic mass is 15.1. The molecule has 0 atom stereocenters. The normalized spacial score (nSPS) is 15.6. The van der Waals surface area contributed by atoms with Gasteiger partial charge in [0.2, 0.25) is 0 Å². The number of imidazole rings is 1. The molecule has 0 spiro atoms. The van der Waals surface area contributed by atoms with Gasteiger partial charge in [-0.3, -0.25) is 0 Å². The number of hydrogen-bond acceptors (Lipinski definition) is 3. The molecule has 2 aromatic carbocycles. The van der Waals surface area contributed by atoms with E-state index in [2.05, 4.69) is 59.3 Å². The lowest BCUT2D eigenvalue weighted by atomic mass is 9.96. The average molecular weight is 356 g/mol. The van der Waals surface area contributed by atoms with E-state index in [1.807, 2.05) is 12.5 Å². The molecule has 1 aliphatic heterocycles. The second-order valence-electron chi connectivity index (χ2n) is 7.38. The van der Waals surface area contributed by atoms with Crippen LogP contribution in [0.5, 0.6) is 0 Å². The number of pyridine rings is 1. The van der Waals surface area contributed by atoms with Gasteiger partial charge in [0.05, 0.1) is 6.33 Å². The zero-order valence-corrected chi connectivity index (χ0v) is 15.7. The molecule has 4 nitrogen and oxygen atoms in total. The molecule has 3 heterocycles. The molecule has 4 heteroatoms. The van der Waals surface area contributed by atoms with Crippen molar-refractivity contribution < 1.29 is 0 Å². The van der Waals surface area contributed by atoms with Crippen molar-refractivity contribution in [3.8, 4) is 11.1 Å². The summed E-state index contributed by atoms with van der Waals surface area (Å²) in [6.45, 7) is 4.32. The number of hydrogen-bond donors (Lipinski definition) is 1. The molecule has 1 N–H and O–H groups in total. The molecular weight excluding hydrogens is 332 g/mol. The molecule has 0 aliphatic carbocycles. The van der Waals surface area contributed by atoms with E-state index in [0.29, 0.717) is 6.04 Å². The summed E-state index contributed by atoms with van der Waals surface area (Å²) in [5.41, 5.74) is 5.77. The maximum absolute atomic E-state index is 4.84. The van der Waals surface area contributed by atoms with Crippen LogP contribution in [0.1, 0.15) is 31.4 Å². The van der Waals surface area contributed by atoms with Crippen LogP contribution in [0.15, 0.2) is 55.0 Å². The van der Waals surface area contributed by atoms with Gasteiger partial charge in [0.1, 0.15) is 5.52 Å². The molecule has 0 radical (unpaired) electrons. The smallest absolute Gasteiger partial charge is 0.160 e. The summed E-state index contributed by atoms with van der Waals surface area (Å²) < 4.78 is 2.29. The first-order valence-electron chi connectivity index (χ1n) is 9.89. The van der Waals surface area contributed by atoms with Gasteiger partial charge >= 0.3 is 0 Å². The fourth-order valence-electron chi connectivity index (χ4n) is 4.30. The van der Waals surface area contributed by atoms with E-state index in [1.54, 1.807) is 0 Å². The van der Waals surface area contributed by atoms with Crippen molar-refractivity contribution in [1.82, 2.24) is 19.9 Å². The van der Waals surface area contributed by atoms with Crippen molar-refractivity contribution in [3.05, 3.63) is 60.6 Å². The van der Waals surface area contributed by atoms with Crippen LogP contribution < -0.4 is 5.32 Å². The standard InChI is InChI=1S/C23H24N4/c1-2-16-14-25-23-22(26-15-27(23)20-9-11-24-12-10-20)21(16)19-8-7-17-5-3-4-6-18(17)13-19/h3-8,13-15,20,24H,2,9-12H2,1H3. The third kappa shape index (κ3) is 2.81. The van der Waals surface area contributed by atoms with E-state index in [9.17, 15) is 0 Å². The fourth-order valence-corrected chi connectivity index (χ4v) is 4.30. The molecule has 0 amide bonds. The van der Waals surface area contributed by atoms with E-state index in [0.717, 1.165) is 43.5 Å². The second kappa shape index (κ2) is 6.78. The third-order valence-electron chi connectivity index (χ3n) is 5.79. The van der Waals surface area contributed by atoms with Gasteiger partial charge in [-0.05, 0) is 60.3 Å². The Bertz CT molecular complexity index is 1110. The molecule has 1 aliphatic rings. The van der Waals surface area contributed by atoms with Crippen LogP contribution in [0.3, 0.4) is 0 Å². The summed E-state index contributed by atoms with van der Waals surface area (Å²) >= 11 is 0. The zero-order valence-electron chi connectivity index (χ0n) is 15.7. The molecule has 1 fully saturated rings. The van der Waals surface area contributed by atoms with Crippen molar-refractivity contribution in [1.29, 1.82) is 0 Å². The van der Waals surface area contributed by atoms with E-state index < -0.39 is 0 Å². The summed E-state index contributed by atoms with van der Waals surface area (Å²) in [5.74, 6) is 0. The van der Waals surface area contributed by atoms with Gasteiger partial charge in [-0.15, -0.1) is 0 Å². The Labute approximate surface area is 159 Å². The van der Waals surface area contributed by atoms with Crippen LogP contribution in [0.25, 0.3) is 33.1 Å². The molecule has 4 aromatic rings. The quantitative estimate of drug-likeness (QED) is 0.577. The van der Waals surface area contributed by atoms with Gasteiger partial charge in [-0.25, -0.2) is 9.97 Å². The minimum atomic E-state index is 0.487. The highest BCUT2D eigenvalue weighted by molar-refractivity contribution is 5.95. The highest BCUT2D eigenvalue weighted by Gasteiger charge is 2.20. The Morgan fingerprint density at radius 2 is 1.85 bits per heavy atom. The number of piperidine rings is 1. The van der Waals surface area contributed by atoms with Gasteiger partial charge in [0.15, 0.2) is 5.65 Å². The lowest BCUT2D eigenvalue weighted by Crippen LogP contribution is -2.29. The molecular formula is C23H24N4. The summed E-state index contributed by atoms with van der Waals surface area (Å²) in [6, 6.07) is 15.7.